The van der Waals surface area contributed by atoms with Crippen LogP contribution in [0.25, 0.3) is 0 Å². The summed E-state index contributed by atoms with van der Waals surface area (Å²) in [4.78, 5) is 0. The Morgan fingerprint density at radius 1 is 1.39 bits per heavy atom. The molecule has 1 unspecified atom stereocenters. The monoisotopic (exact) mass is 314 g/mol. The topological polar surface area (TPSA) is 29.5 Å². The number of hydrogen-bond acceptors (Lipinski definition) is 2. The van der Waals surface area contributed by atoms with Crippen molar-refractivity contribution >= 4 is 0 Å². The average Bonchev–Trinajstić information content (AvgIpc) is 2.44. The minimum absolute atomic E-state index is 0.226. The minimum atomic E-state index is -0.284. The molecule has 126 valence electrons. The molecule has 1 aliphatic rings. The summed E-state index contributed by atoms with van der Waals surface area (Å²) in [7, 11) is 0. The van der Waals surface area contributed by atoms with Crippen molar-refractivity contribution in [1.29, 1.82) is 0 Å². The SMILES string of the molecule is C=C(C)/C=C/C1Cc2c(O)cc(CCCCC)cc2OC1(C)C. The molecular formula is C21H30O2. The van der Waals surface area contributed by atoms with Crippen molar-refractivity contribution in [1.82, 2.24) is 0 Å². The molecule has 0 amide bonds. The first-order valence-electron chi connectivity index (χ1n) is 8.71. The lowest BCUT2D eigenvalue weighted by Gasteiger charge is -2.39. The van der Waals surface area contributed by atoms with E-state index in [0.717, 1.165) is 36.1 Å². The number of rotatable bonds is 6. The number of unbranched alkanes of at least 4 members (excludes halogenated alkanes) is 2. The quantitative estimate of drug-likeness (QED) is 0.548. The second-order valence-electron chi connectivity index (χ2n) is 7.27. The number of fused-ring (bicyclic) bond motifs is 1. The third-order valence-electron chi connectivity index (χ3n) is 4.62. The van der Waals surface area contributed by atoms with Gasteiger partial charge in [0.15, 0.2) is 0 Å². The fraction of sp³-hybridized carbons (Fsp3) is 0.524. The first kappa shape index (κ1) is 17.7. The van der Waals surface area contributed by atoms with Gasteiger partial charge in [0.2, 0.25) is 0 Å². The summed E-state index contributed by atoms with van der Waals surface area (Å²) in [5.41, 5.74) is 2.84. The molecule has 1 aromatic carbocycles. The number of aromatic hydroxyl groups is 1. The van der Waals surface area contributed by atoms with Gasteiger partial charge in [0.25, 0.3) is 0 Å². The predicted octanol–water partition coefficient (Wildman–Crippen LogP) is 5.59. The van der Waals surface area contributed by atoms with E-state index in [1.165, 1.54) is 18.4 Å². The zero-order valence-corrected chi connectivity index (χ0v) is 15.0. The van der Waals surface area contributed by atoms with Gasteiger partial charge in [-0.05, 0) is 57.7 Å². The number of aryl methyl sites for hydroxylation is 1. The van der Waals surface area contributed by atoms with Gasteiger partial charge in [-0.25, -0.2) is 0 Å². The van der Waals surface area contributed by atoms with Gasteiger partial charge in [-0.1, -0.05) is 44.1 Å². The van der Waals surface area contributed by atoms with Crippen molar-refractivity contribution in [3.05, 3.63) is 47.6 Å². The van der Waals surface area contributed by atoms with E-state index in [1.54, 1.807) is 0 Å². The third-order valence-corrected chi connectivity index (χ3v) is 4.62. The van der Waals surface area contributed by atoms with Gasteiger partial charge in [-0.3, -0.25) is 0 Å². The van der Waals surface area contributed by atoms with Crippen molar-refractivity contribution in [3.63, 3.8) is 0 Å². The molecule has 0 fully saturated rings. The summed E-state index contributed by atoms with van der Waals surface area (Å²) < 4.78 is 6.25. The van der Waals surface area contributed by atoms with E-state index in [4.69, 9.17) is 4.74 Å². The molecule has 1 heterocycles. The fourth-order valence-corrected chi connectivity index (χ4v) is 3.11. The highest BCUT2D eigenvalue weighted by atomic mass is 16.5. The van der Waals surface area contributed by atoms with E-state index in [2.05, 4.69) is 39.5 Å². The molecule has 0 aromatic heterocycles. The maximum absolute atomic E-state index is 10.4. The molecule has 1 N–H and O–H groups in total. The molecular weight excluding hydrogens is 284 g/mol. The molecule has 0 saturated carbocycles. The lowest BCUT2D eigenvalue weighted by atomic mass is 9.81. The highest BCUT2D eigenvalue weighted by Gasteiger charge is 2.36. The highest BCUT2D eigenvalue weighted by Crippen LogP contribution is 2.42. The molecule has 23 heavy (non-hydrogen) atoms. The Balaban J connectivity index is 2.25. The zero-order chi connectivity index (χ0) is 17.0. The van der Waals surface area contributed by atoms with Crippen LogP contribution in [0.3, 0.4) is 0 Å². The summed E-state index contributed by atoms with van der Waals surface area (Å²) >= 11 is 0. The Morgan fingerprint density at radius 2 is 2.13 bits per heavy atom. The van der Waals surface area contributed by atoms with Crippen LogP contribution in [0.2, 0.25) is 0 Å². The number of benzene rings is 1. The van der Waals surface area contributed by atoms with Crippen molar-refractivity contribution in [2.75, 3.05) is 0 Å². The van der Waals surface area contributed by atoms with Crippen LogP contribution in [0, 0.1) is 5.92 Å². The van der Waals surface area contributed by atoms with E-state index in [9.17, 15) is 5.11 Å². The standard InChI is InChI=1S/C21H30O2/c1-6-7-8-9-16-12-19(22)18-14-17(11-10-15(2)3)21(4,5)23-20(18)13-16/h10-13,17,22H,2,6-9,14H2,1,3-5H3/b11-10+. The summed E-state index contributed by atoms with van der Waals surface area (Å²) in [6, 6.07) is 4.03. The van der Waals surface area contributed by atoms with Crippen LogP contribution in [-0.2, 0) is 12.8 Å². The van der Waals surface area contributed by atoms with Gasteiger partial charge in [-0.2, -0.15) is 0 Å². The molecule has 0 radical (unpaired) electrons. The lowest BCUT2D eigenvalue weighted by molar-refractivity contribution is 0.0472. The summed E-state index contributed by atoms with van der Waals surface area (Å²) in [5.74, 6) is 1.45. The second-order valence-corrected chi connectivity index (χ2v) is 7.27. The molecule has 1 atom stereocenters. The molecule has 0 bridgehead atoms. The van der Waals surface area contributed by atoms with Crippen LogP contribution >= 0.6 is 0 Å². The van der Waals surface area contributed by atoms with E-state index in [-0.39, 0.29) is 11.5 Å². The van der Waals surface area contributed by atoms with Crippen LogP contribution in [0.4, 0.5) is 0 Å². The first-order valence-corrected chi connectivity index (χ1v) is 8.71. The van der Waals surface area contributed by atoms with Crippen LogP contribution in [0.15, 0.2) is 36.4 Å². The maximum atomic E-state index is 10.4. The average molecular weight is 314 g/mol. The van der Waals surface area contributed by atoms with E-state index in [1.807, 2.05) is 19.1 Å². The smallest absolute Gasteiger partial charge is 0.127 e. The normalized spacial score (nSPS) is 19.4. The van der Waals surface area contributed by atoms with Crippen LogP contribution < -0.4 is 4.74 Å². The molecule has 1 aliphatic heterocycles. The Morgan fingerprint density at radius 3 is 2.78 bits per heavy atom. The van der Waals surface area contributed by atoms with Crippen molar-refractivity contribution in [2.24, 2.45) is 5.92 Å². The largest absolute Gasteiger partial charge is 0.508 e. The van der Waals surface area contributed by atoms with E-state index in [0.29, 0.717) is 5.75 Å². The summed E-state index contributed by atoms with van der Waals surface area (Å²) in [6.45, 7) is 12.3. The van der Waals surface area contributed by atoms with Crippen molar-refractivity contribution in [3.8, 4) is 11.5 Å². The van der Waals surface area contributed by atoms with Gasteiger partial charge < -0.3 is 9.84 Å². The number of phenolic OH excluding ortho intramolecular Hbond substituents is 1. The molecule has 2 nitrogen and oxygen atoms in total. The number of phenols is 1. The first-order chi connectivity index (χ1) is 10.8. The molecule has 0 spiro atoms. The van der Waals surface area contributed by atoms with Crippen LogP contribution in [0.1, 0.15) is 58.1 Å². The number of hydrogen-bond donors (Lipinski definition) is 1. The zero-order valence-electron chi connectivity index (χ0n) is 15.0. The number of ether oxygens (including phenoxy) is 1. The van der Waals surface area contributed by atoms with E-state index < -0.39 is 0 Å². The minimum Gasteiger partial charge on any atom is -0.508 e. The van der Waals surface area contributed by atoms with Gasteiger partial charge >= 0.3 is 0 Å². The second kappa shape index (κ2) is 7.25. The van der Waals surface area contributed by atoms with Gasteiger partial charge in [-0.15, -0.1) is 0 Å². The maximum Gasteiger partial charge on any atom is 0.127 e. The molecule has 2 rings (SSSR count). The van der Waals surface area contributed by atoms with Crippen LogP contribution in [0.5, 0.6) is 11.5 Å². The fourth-order valence-electron chi connectivity index (χ4n) is 3.11. The lowest BCUT2D eigenvalue weighted by Crippen LogP contribution is -2.41. The predicted molar refractivity (Wildman–Crippen MR) is 97.2 cm³/mol. The molecule has 0 saturated heterocycles. The Hall–Kier alpha value is -1.70. The van der Waals surface area contributed by atoms with Gasteiger partial charge in [0.05, 0.1) is 0 Å². The number of allylic oxidation sites excluding steroid dienone is 2. The van der Waals surface area contributed by atoms with E-state index >= 15 is 0 Å². The third kappa shape index (κ3) is 4.40. The van der Waals surface area contributed by atoms with Gasteiger partial charge in [0.1, 0.15) is 17.1 Å². The van der Waals surface area contributed by atoms with Crippen molar-refractivity contribution in [2.45, 2.75) is 65.4 Å². The Bertz CT molecular complexity index is 596. The molecule has 2 heteroatoms. The van der Waals surface area contributed by atoms with Crippen LogP contribution in [-0.4, -0.2) is 10.7 Å². The summed E-state index contributed by atoms with van der Waals surface area (Å²) in [6.07, 6.45) is 9.57. The molecule has 1 aromatic rings. The molecule has 0 aliphatic carbocycles. The van der Waals surface area contributed by atoms with Crippen molar-refractivity contribution < 1.29 is 9.84 Å². The highest BCUT2D eigenvalue weighted by molar-refractivity contribution is 5.49. The Labute approximate surface area is 140 Å². The Kier molecular flexibility index (Phi) is 5.56. The van der Waals surface area contributed by atoms with Gasteiger partial charge in [0, 0.05) is 11.5 Å². The summed E-state index contributed by atoms with van der Waals surface area (Å²) in [5, 5.41) is 10.4.